The van der Waals surface area contributed by atoms with Gasteiger partial charge in [-0.1, -0.05) is 29.8 Å². The minimum absolute atomic E-state index is 0.125. The first-order valence-corrected chi connectivity index (χ1v) is 9.04. The number of hydrogen-bond acceptors (Lipinski definition) is 4. The zero-order valence-electron chi connectivity index (χ0n) is 12.4. The molecule has 1 amide bonds. The second kappa shape index (κ2) is 5.77. The fourth-order valence-electron chi connectivity index (χ4n) is 2.41. The molecule has 1 saturated carbocycles. The van der Waals surface area contributed by atoms with Gasteiger partial charge >= 0.3 is 0 Å². The Morgan fingerprint density at radius 2 is 1.90 bits per heavy atom. The Bertz CT molecular complexity index is 619. The number of nitrogens with two attached hydrogens (primary N) is 1. The largest absolute Gasteiger partial charge is 0.354 e. The summed E-state index contributed by atoms with van der Waals surface area (Å²) in [7, 11) is -3.03. The highest BCUT2D eigenvalue weighted by Crippen LogP contribution is 2.46. The van der Waals surface area contributed by atoms with Crippen molar-refractivity contribution in [2.24, 2.45) is 11.1 Å². The van der Waals surface area contributed by atoms with E-state index in [0.29, 0.717) is 6.54 Å². The molecule has 0 aliphatic heterocycles. The zero-order valence-corrected chi connectivity index (χ0v) is 13.2. The van der Waals surface area contributed by atoms with Crippen LogP contribution >= 0.6 is 0 Å². The lowest BCUT2D eigenvalue weighted by Gasteiger charge is -2.17. The van der Waals surface area contributed by atoms with E-state index < -0.39 is 15.9 Å². The lowest BCUT2D eigenvalue weighted by atomic mass is 10.0. The normalized spacial score (nSPS) is 18.0. The minimum Gasteiger partial charge on any atom is -0.354 e. The summed E-state index contributed by atoms with van der Waals surface area (Å²) in [5, 5.41) is 2.79. The number of hydrogen-bond donors (Lipinski definition) is 2. The van der Waals surface area contributed by atoms with Crippen LogP contribution in [0.25, 0.3) is 0 Å². The van der Waals surface area contributed by atoms with Gasteiger partial charge < -0.3 is 11.1 Å². The van der Waals surface area contributed by atoms with Gasteiger partial charge in [0.1, 0.15) is 15.9 Å². The SMILES string of the molecule is Cc1ccc(C(N)C(=O)NCC2(CS(C)(=O)=O)CC2)cc1. The Kier molecular flexibility index (Phi) is 4.39. The summed E-state index contributed by atoms with van der Waals surface area (Å²) in [6.45, 7) is 2.34. The highest BCUT2D eigenvalue weighted by atomic mass is 32.2. The number of rotatable bonds is 6. The lowest BCUT2D eigenvalue weighted by molar-refractivity contribution is -0.122. The fraction of sp³-hybridized carbons (Fsp3) is 0.533. The van der Waals surface area contributed by atoms with Crippen LogP contribution in [0, 0.1) is 12.3 Å². The molecule has 1 unspecified atom stereocenters. The van der Waals surface area contributed by atoms with Crippen LogP contribution in [0.3, 0.4) is 0 Å². The lowest BCUT2D eigenvalue weighted by Crippen LogP contribution is -2.39. The number of aryl methyl sites for hydroxylation is 1. The molecule has 0 aromatic heterocycles. The van der Waals surface area contributed by atoms with Gasteiger partial charge in [0, 0.05) is 18.2 Å². The van der Waals surface area contributed by atoms with Crippen molar-refractivity contribution in [3.63, 3.8) is 0 Å². The molecule has 0 bridgehead atoms. The Balaban J connectivity index is 1.91. The molecule has 6 heteroatoms. The minimum atomic E-state index is -3.03. The number of carbonyl (C=O) groups excluding carboxylic acids is 1. The maximum atomic E-state index is 12.1. The van der Waals surface area contributed by atoms with Crippen LogP contribution in [-0.2, 0) is 14.6 Å². The first-order chi connectivity index (χ1) is 9.71. The molecule has 1 aromatic rings. The van der Waals surface area contributed by atoms with Gasteiger partial charge in [0.25, 0.3) is 0 Å². The molecule has 116 valence electrons. The van der Waals surface area contributed by atoms with E-state index in [9.17, 15) is 13.2 Å². The molecule has 2 rings (SSSR count). The van der Waals surface area contributed by atoms with Crippen LogP contribution in [0.4, 0.5) is 0 Å². The van der Waals surface area contributed by atoms with Crippen molar-refractivity contribution in [1.82, 2.24) is 5.32 Å². The average Bonchev–Trinajstić information content (AvgIpc) is 3.14. The van der Waals surface area contributed by atoms with Gasteiger partial charge in [0.15, 0.2) is 0 Å². The second-order valence-corrected chi connectivity index (χ2v) is 8.32. The molecule has 21 heavy (non-hydrogen) atoms. The average molecular weight is 310 g/mol. The molecular formula is C15H22N2O3S. The maximum Gasteiger partial charge on any atom is 0.241 e. The third-order valence-corrected chi connectivity index (χ3v) is 5.02. The molecule has 5 nitrogen and oxygen atoms in total. The molecule has 0 spiro atoms. The fourth-order valence-corrected chi connectivity index (χ4v) is 3.92. The number of sulfone groups is 1. The zero-order chi connectivity index (χ0) is 15.7. The molecular weight excluding hydrogens is 288 g/mol. The molecule has 0 heterocycles. The van der Waals surface area contributed by atoms with Crippen molar-refractivity contribution in [1.29, 1.82) is 0 Å². The molecule has 1 aliphatic carbocycles. The van der Waals surface area contributed by atoms with Crippen molar-refractivity contribution in [2.45, 2.75) is 25.8 Å². The van der Waals surface area contributed by atoms with E-state index in [1.807, 2.05) is 31.2 Å². The summed E-state index contributed by atoms with van der Waals surface area (Å²) in [6, 6.07) is 6.77. The standard InChI is InChI=1S/C15H22N2O3S/c1-11-3-5-12(6-4-11)13(16)14(18)17-9-15(7-8-15)10-21(2,19)20/h3-6,13H,7-10,16H2,1-2H3,(H,17,18). The topological polar surface area (TPSA) is 89.3 Å². The molecule has 1 aliphatic rings. The monoisotopic (exact) mass is 310 g/mol. The van der Waals surface area contributed by atoms with Gasteiger partial charge in [-0.05, 0) is 25.3 Å². The van der Waals surface area contributed by atoms with E-state index in [1.54, 1.807) is 0 Å². The third-order valence-electron chi connectivity index (χ3n) is 3.88. The first-order valence-electron chi connectivity index (χ1n) is 6.98. The van der Waals surface area contributed by atoms with E-state index in [2.05, 4.69) is 5.32 Å². The predicted octanol–water partition coefficient (Wildman–Crippen LogP) is 0.936. The van der Waals surface area contributed by atoms with Gasteiger partial charge in [-0.3, -0.25) is 4.79 Å². The number of benzene rings is 1. The van der Waals surface area contributed by atoms with Crippen molar-refractivity contribution >= 4 is 15.7 Å². The van der Waals surface area contributed by atoms with Crippen molar-refractivity contribution in [3.8, 4) is 0 Å². The predicted molar refractivity (Wildman–Crippen MR) is 82.5 cm³/mol. The van der Waals surface area contributed by atoms with Crippen LogP contribution < -0.4 is 11.1 Å². The van der Waals surface area contributed by atoms with Gasteiger partial charge in [0.05, 0.1) is 5.75 Å². The van der Waals surface area contributed by atoms with Gasteiger partial charge in [-0.2, -0.15) is 0 Å². The van der Waals surface area contributed by atoms with Gasteiger partial charge in [-0.15, -0.1) is 0 Å². The number of carbonyl (C=O) groups is 1. The van der Waals surface area contributed by atoms with Crippen LogP contribution in [0.2, 0.25) is 0 Å². The smallest absolute Gasteiger partial charge is 0.241 e. The van der Waals surface area contributed by atoms with E-state index in [-0.39, 0.29) is 17.1 Å². The molecule has 3 N–H and O–H groups in total. The molecule has 0 saturated heterocycles. The maximum absolute atomic E-state index is 12.1. The highest BCUT2D eigenvalue weighted by molar-refractivity contribution is 7.90. The Labute approximate surface area is 125 Å². The van der Waals surface area contributed by atoms with Gasteiger partial charge in [0.2, 0.25) is 5.91 Å². The number of amides is 1. The third kappa shape index (κ3) is 4.54. The summed E-state index contributed by atoms with van der Waals surface area (Å²) >= 11 is 0. The molecule has 1 fully saturated rings. The van der Waals surface area contributed by atoms with E-state index in [0.717, 1.165) is 24.0 Å². The second-order valence-electron chi connectivity index (χ2n) is 6.18. The van der Waals surface area contributed by atoms with Crippen molar-refractivity contribution in [2.75, 3.05) is 18.6 Å². The Morgan fingerprint density at radius 1 is 1.33 bits per heavy atom. The molecule has 1 atom stereocenters. The highest BCUT2D eigenvalue weighted by Gasteiger charge is 2.45. The van der Waals surface area contributed by atoms with Crippen LogP contribution in [0.5, 0.6) is 0 Å². The van der Waals surface area contributed by atoms with Crippen LogP contribution in [0.15, 0.2) is 24.3 Å². The van der Waals surface area contributed by atoms with E-state index >= 15 is 0 Å². The van der Waals surface area contributed by atoms with Crippen LogP contribution in [0.1, 0.15) is 30.0 Å². The Morgan fingerprint density at radius 3 is 2.38 bits per heavy atom. The Hall–Kier alpha value is -1.40. The molecule has 1 aromatic carbocycles. The van der Waals surface area contributed by atoms with Crippen molar-refractivity contribution in [3.05, 3.63) is 35.4 Å². The summed E-state index contributed by atoms with van der Waals surface area (Å²) in [4.78, 5) is 12.1. The summed E-state index contributed by atoms with van der Waals surface area (Å²) in [6.07, 6.45) is 2.90. The van der Waals surface area contributed by atoms with E-state index in [4.69, 9.17) is 5.73 Å². The summed E-state index contributed by atoms with van der Waals surface area (Å²) in [5.41, 5.74) is 7.52. The summed E-state index contributed by atoms with van der Waals surface area (Å²) in [5.74, 6) is -0.140. The quantitative estimate of drug-likeness (QED) is 0.818. The first kappa shape index (κ1) is 16.0. The van der Waals surface area contributed by atoms with Crippen molar-refractivity contribution < 1.29 is 13.2 Å². The van der Waals surface area contributed by atoms with E-state index in [1.165, 1.54) is 6.26 Å². The van der Waals surface area contributed by atoms with Crippen LogP contribution in [-0.4, -0.2) is 32.9 Å². The van der Waals surface area contributed by atoms with Gasteiger partial charge in [-0.25, -0.2) is 8.42 Å². The molecule has 0 radical (unpaired) electrons. The number of nitrogens with one attached hydrogen (secondary N) is 1. The summed E-state index contributed by atoms with van der Waals surface area (Å²) < 4.78 is 22.8.